The second-order valence-electron chi connectivity index (χ2n) is 7.03. The molecule has 0 aromatic carbocycles. The van der Waals surface area contributed by atoms with Crippen LogP contribution in [0, 0.1) is 11.8 Å². The van der Waals surface area contributed by atoms with Crippen LogP contribution >= 0.6 is 32.9 Å². The molecule has 0 radical (unpaired) electrons. The molecule has 98 valence electrons. The highest BCUT2D eigenvalue weighted by molar-refractivity contribution is 9.10. The lowest BCUT2D eigenvalue weighted by atomic mass is 9.52. The number of likely N-dealkylation sites (tertiary alicyclic amines) is 1. The van der Waals surface area contributed by atoms with Gasteiger partial charge in [0, 0.05) is 9.86 Å². The van der Waals surface area contributed by atoms with E-state index in [2.05, 4.69) is 20.8 Å². The Bertz CT molecular complexity index is 297. The molecular weight excluding hydrogens is 342 g/mol. The summed E-state index contributed by atoms with van der Waals surface area (Å²) in [6, 6.07) is 0. The predicted molar refractivity (Wildman–Crippen MR) is 80.2 cm³/mol. The minimum Gasteiger partial charge on any atom is -0.298 e. The summed E-state index contributed by atoms with van der Waals surface area (Å²) in [6.45, 7) is 2.78. The summed E-state index contributed by atoms with van der Waals surface area (Å²) in [5.74, 6) is 2.09. The van der Waals surface area contributed by atoms with Gasteiger partial charge in [0.25, 0.3) is 0 Å². The summed E-state index contributed by atoms with van der Waals surface area (Å²) >= 11 is 4.11. The van der Waals surface area contributed by atoms with E-state index in [9.17, 15) is 0 Å². The fourth-order valence-corrected chi connectivity index (χ4v) is 7.10. The van der Waals surface area contributed by atoms with Crippen LogP contribution in [0.1, 0.15) is 51.4 Å². The fraction of sp³-hybridized carbons (Fsp3) is 1.00. The lowest BCUT2D eigenvalue weighted by molar-refractivity contribution is -0.0662. The van der Waals surface area contributed by atoms with Crippen LogP contribution in [-0.2, 0) is 0 Å². The molecule has 2 unspecified atom stereocenters. The van der Waals surface area contributed by atoms with Crippen LogP contribution in [-0.4, -0.2) is 27.9 Å². The van der Waals surface area contributed by atoms with Crippen LogP contribution in [0.25, 0.3) is 0 Å². The van der Waals surface area contributed by atoms with Gasteiger partial charge in [0.1, 0.15) is 0 Å². The number of alkyl halides is 1. The normalized spacial score (nSPS) is 52.8. The van der Waals surface area contributed by atoms with Crippen LogP contribution in [0.3, 0.4) is 0 Å². The zero-order chi connectivity index (χ0) is 10.8. The second-order valence-corrected chi connectivity index (χ2v) is 8.71. The van der Waals surface area contributed by atoms with E-state index >= 15 is 0 Å². The van der Waals surface area contributed by atoms with Gasteiger partial charge in [0.2, 0.25) is 0 Å². The average Bonchev–Trinajstić information content (AvgIpc) is 2.65. The maximum absolute atomic E-state index is 4.11. The first-order valence-electron chi connectivity index (χ1n) is 7.12. The third kappa shape index (κ3) is 1.95. The lowest BCUT2D eigenvalue weighted by Crippen LogP contribution is -2.63. The van der Waals surface area contributed by atoms with Crippen LogP contribution in [0.2, 0.25) is 0 Å². The first-order valence-corrected chi connectivity index (χ1v) is 7.91. The van der Waals surface area contributed by atoms with Crippen molar-refractivity contribution in [1.82, 2.24) is 4.90 Å². The molecule has 0 aromatic rings. The molecule has 1 nitrogen and oxygen atoms in total. The average molecular weight is 365 g/mol. The van der Waals surface area contributed by atoms with Gasteiger partial charge in [-0.15, -0.1) is 17.0 Å². The minimum atomic E-state index is 0. The Hall–Kier alpha value is 0.920. The van der Waals surface area contributed by atoms with Crippen molar-refractivity contribution in [3.63, 3.8) is 0 Å². The minimum absolute atomic E-state index is 0. The topological polar surface area (TPSA) is 3.24 Å². The van der Waals surface area contributed by atoms with Gasteiger partial charge in [0.05, 0.1) is 0 Å². The van der Waals surface area contributed by atoms with Crippen molar-refractivity contribution in [1.29, 1.82) is 0 Å². The maximum Gasteiger partial charge on any atom is 0.0280 e. The Kier molecular flexibility index (Phi) is 3.20. The molecule has 17 heavy (non-hydrogen) atoms. The molecule has 5 fully saturated rings. The summed E-state index contributed by atoms with van der Waals surface area (Å²) in [5.41, 5.74) is 0.629. The molecule has 1 heterocycles. The van der Waals surface area contributed by atoms with Gasteiger partial charge in [-0.25, -0.2) is 0 Å². The van der Waals surface area contributed by atoms with Crippen molar-refractivity contribution in [2.75, 3.05) is 13.1 Å². The maximum atomic E-state index is 4.11. The van der Waals surface area contributed by atoms with E-state index in [1.807, 2.05) is 0 Å². The Labute approximate surface area is 124 Å². The Morgan fingerprint density at radius 3 is 2.06 bits per heavy atom. The number of nitrogens with zero attached hydrogens (tertiary/aromatic N) is 1. The first-order chi connectivity index (χ1) is 7.68. The quantitative estimate of drug-likeness (QED) is 0.632. The highest BCUT2D eigenvalue weighted by Crippen LogP contribution is 2.62. The van der Waals surface area contributed by atoms with E-state index < -0.39 is 0 Å². The summed E-state index contributed by atoms with van der Waals surface area (Å²) < 4.78 is 0.541. The molecule has 0 N–H and O–H groups in total. The van der Waals surface area contributed by atoms with Crippen molar-refractivity contribution in [3.05, 3.63) is 0 Å². The van der Waals surface area contributed by atoms with E-state index in [-0.39, 0.29) is 17.0 Å². The van der Waals surface area contributed by atoms with Crippen LogP contribution < -0.4 is 0 Å². The second kappa shape index (κ2) is 4.21. The smallest absolute Gasteiger partial charge is 0.0280 e. The SMILES string of the molecule is Br.BrC12C[C@H]3C[C@@H](C1)CC(N1CCCC1)(C3)C2. The third-order valence-corrected chi connectivity index (χ3v) is 6.66. The van der Waals surface area contributed by atoms with E-state index in [1.165, 1.54) is 58.0 Å². The van der Waals surface area contributed by atoms with E-state index in [1.54, 1.807) is 6.42 Å². The van der Waals surface area contributed by atoms with Gasteiger partial charge in [-0.2, -0.15) is 0 Å². The monoisotopic (exact) mass is 363 g/mol. The van der Waals surface area contributed by atoms with Crippen LogP contribution in [0.15, 0.2) is 0 Å². The Morgan fingerprint density at radius 2 is 1.53 bits per heavy atom. The van der Waals surface area contributed by atoms with Gasteiger partial charge < -0.3 is 0 Å². The van der Waals surface area contributed by atoms with Crippen molar-refractivity contribution in [2.45, 2.75) is 61.2 Å². The molecule has 0 aromatic heterocycles. The molecule has 4 aliphatic carbocycles. The first kappa shape index (κ1) is 12.9. The molecule has 4 bridgehead atoms. The highest BCUT2D eigenvalue weighted by atomic mass is 79.9. The molecule has 3 heteroatoms. The van der Waals surface area contributed by atoms with Gasteiger partial charge in [-0.05, 0) is 76.3 Å². The van der Waals surface area contributed by atoms with Crippen molar-refractivity contribution in [2.24, 2.45) is 11.8 Å². The predicted octanol–water partition coefficient (Wildman–Crippen LogP) is 4.15. The zero-order valence-corrected chi connectivity index (χ0v) is 13.8. The van der Waals surface area contributed by atoms with Gasteiger partial charge >= 0.3 is 0 Å². The third-order valence-electron chi connectivity index (χ3n) is 5.74. The van der Waals surface area contributed by atoms with E-state index in [0.29, 0.717) is 9.86 Å². The largest absolute Gasteiger partial charge is 0.298 e. The van der Waals surface area contributed by atoms with Crippen LogP contribution in [0.5, 0.6) is 0 Å². The highest BCUT2D eigenvalue weighted by Gasteiger charge is 2.58. The Morgan fingerprint density at radius 1 is 0.941 bits per heavy atom. The number of rotatable bonds is 1. The van der Waals surface area contributed by atoms with Crippen molar-refractivity contribution < 1.29 is 0 Å². The standard InChI is InChI=1S/C14H22BrN.BrH/c15-13-6-11-5-12(7-13)9-14(8-11,10-13)16-3-1-2-4-16;/h11-12H,1-10H2;1H/t11-,12+,13?,14?;. The molecule has 5 aliphatic rings. The van der Waals surface area contributed by atoms with Crippen molar-refractivity contribution >= 4 is 32.9 Å². The van der Waals surface area contributed by atoms with Crippen molar-refractivity contribution in [3.8, 4) is 0 Å². The molecule has 0 amide bonds. The summed E-state index contributed by atoms with van der Waals surface area (Å²) in [4.78, 5) is 2.88. The number of hydrogen-bond donors (Lipinski definition) is 0. The molecule has 1 saturated heterocycles. The van der Waals surface area contributed by atoms with E-state index in [4.69, 9.17) is 0 Å². The lowest BCUT2D eigenvalue weighted by Gasteiger charge is -2.63. The van der Waals surface area contributed by atoms with Gasteiger partial charge in [0.15, 0.2) is 0 Å². The molecule has 4 atom stereocenters. The van der Waals surface area contributed by atoms with Gasteiger partial charge in [-0.1, -0.05) is 15.9 Å². The summed E-state index contributed by atoms with van der Waals surface area (Å²) in [6.07, 6.45) is 11.9. The van der Waals surface area contributed by atoms with Gasteiger partial charge in [-0.3, -0.25) is 4.90 Å². The molecule has 1 aliphatic heterocycles. The van der Waals surface area contributed by atoms with Crippen LogP contribution in [0.4, 0.5) is 0 Å². The molecule has 4 saturated carbocycles. The molecular formula is C14H23Br2N. The summed E-state index contributed by atoms with van der Waals surface area (Å²) in [5, 5.41) is 0. The molecule has 0 spiro atoms. The Balaban J connectivity index is 0.000000902. The zero-order valence-electron chi connectivity index (χ0n) is 10.5. The summed E-state index contributed by atoms with van der Waals surface area (Å²) in [7, 11) is 0. The number of halogens is 2. The number of hydrogen-bond acceptors (Lipinski definition) is 1. The fourth-order valence-electron chi connectivity index (χ4n) is 5.67. The van der Waals surface area contributed by atoms with E-state index in [0.717, 1.165) is 11.8 Å². The molecule has 5 rings (SSSR count).